The van der Waals surface area contributed by atoms with Crippen LogP contribution in [-0.2, 0) is 52.5 Å². The molecule has 0 aromatic rings. The van der Waals surface area contributed by atoms with E-state index in [0.29, 0.717) is 85.9 Å². The van der Waals surface area contributed by atoms with Crippen molar-refractivity contribution >= 4 is 10.4 Å². The van der Waals surface area contributed by atoms with E-state index in [1.807, 2.05) is 0 Å². The number of hydrogen-bond donors (Lipinski definition) is 1. The highest BCUT2D eigenvalue weighted by Gasteiger charge is 2.03. The van der Waals surface area contributed by atoms with Crippen molar-refractivity contribution in [2.75, 3.05) is 112 Å². The normalized spacial score (nSPS) is 12.0. The fourth-order valence-electron chi connectivity index (χ4n) is 3.88. The maximum Gasteiger partial charge on any atom is 0.397 e. The Morgan fingerprint density at radius 1 is 0.349 bits per heavy atom. The molecule has 43 heavy (non-hydrogen) atoms. The number of unbranched alkanes of at least 4 members (excludes halogenated alkanes) is 11. The van der Waals surface area contributed by atoms with E-state index in [2.05, 4.69) is 11.1 Å². The Hall–Kier alpha value is -0.450. The van der Waals surface area contributed by atoms with E-state index in [1.165, 1.54) is 70.6 Å². The van der Waals surface area contributed by atoms with E-state index in [4.69, 9.17) is 42.4 Å². The number of ether oxygens (including phenoxy) is 8. The topological polar surface area (TPSA) is 137 Å². The van der Waals surface area contributed by atoms with Gasteiger partial charge in [0.1, 0.15) is 0 Å². The largest absolute Gasteiger partial charge is 0.397 e. The summed E-state index contributed by atoms with van der Waals surface area (Å²) < 4.78 is 76.5. The maximum absolute atomic E-state index is 10.3. The van der Waals surface area contributed by atoms with Crippen LogP contribution < -0.4 is 0 Å². The molecule has 0 bridgehead atoms. The van der Waals surface area contributed by atoms with Gasteiger partial charge in [0, 0.05) is 6.61 Å². The summed E-state index contributed by atoms with van der Waals surface area (Å²) >= 11 is 0. The van der Waals surface area contributed by atoms with Crippen LogP contribution in [-0.4, -0.2) is 125 Å². The Bertz CT molecular complexity index is 624. The molecule has 0 rings (SSSR count). The summed E-state index contributed by atoms with van der Waals surface area (Å²) in [5, 5.41) is 0. The summed E-state index contributed by atoms with van der Waals surface area (Å²) in [7, 11) is -4.41. The Labute approximate surface area is 261 Å². The van der Waals surface area contributed by atoms with Crippen LogP contribution in [0.3, 0.4) is 0 Å². The minimum absolute atomic E-state index is 0.0402. The lowest BCUT2D eigenvalue weighted by Gasteiger charge is -2.08. The second-order valence-electron chi connectivity index (χ2n) is 10.0. The maximum atomic E-state index is 10.3. The molecule has 0 amide bonds. The second-order valence-corrected chi connectivity index (χ2v) is 11.1. The molecule has 0 radical (unpaired) electrons. The van der Waals surface area contributed by atoms with Gasteiger partial charge in [-0.3, -0.25) is 4.55 Å². The van der Waals surface area contributed by atoms with Gasteiger partial charge in [-0.25, -0.2) is 4.18 Å². The third-order valence-corrected chi connectivity index (χ3v) is 6.67. The molecule has 1 N–H and O–H groups in total. The quantitative estimate of drug-likeness (QED) is 0.0739. The lowest BCUT2D eigenvalue weighted by molar-refractivity contribution is -0.0237. The molecular formula is C30H62O12S. The first-order valence-electron chi connectivity index (χ1n) is 16.3. The van der Waals surface area contributed by atoms with Crippen molar-refractivity contribution in [2.45, 2.75) is 84.0 Å². The molecule has 260 valence electrons. The molecule has 13 heteroatoms. The van der Waals surface area contributed by atoms with E-state index in [1.54, 1.807) is 0 Å². The zero-order valence-electron chi connectivity index (χ0n) is 26.9. The molecular weight excluding hydrogens is 584 g/mol. The summed E-state index contributed by atoms with van der Waals surface area (Å²) in [4.78, 5) is 0. The zero-order valence-corrected chi connectivity index (χ0v) is 27.7. The van der Waals surface area contributed by atoms with Crippen molar-refractivity contribution in [3.8, 4) is 0 Å². The van der Waals surface area contributed by atoms with Crippen LogP contribution >= 0.6 is 0 Å². The van der Waals surface area contributed by atoms with Crippen LogP contribution in [0.2, 0.25) is 0 Å². The summed E-state index contributed by atoms with van der Waals surface area (Å²) in [5.41, 5.74) is 0. The van der Waals surface area contributed by atoms with E-state index >= 15 is 0 Å². The molecule has 0 spiro atoms. The van der Waals surface area contributed by atoms with Gasteiger partial charge in [-0.05, 0) is 6.42 Å². The Morgan fingerprint density at radius 3 is 0.860 bits per heavy atom. The fourth-order valence-corrected chi connectivity index (χ4v) is 4.16. The van der Waals surface area contributed by atoms with Crippen LogP contribution in [0.15, 0.2) is 0 Å². The van der Waals surface area contributed by atoms with Crippen LogP contribution in [0, 0.1) is 0 Å². The zero-order chi connectivity index (χ0) is 31.4. The molecule has 0 aromatic carbocycles. The van der Waals surface area contributed by atoms with E-state index in [0.717, 1.165) is 13.0 Å². The van der Waals surface area contributed by atoms with Crippen molar-refractivity contribution in [1.29, 1.82) is 0 Å². The van der Waals surface area contributed by atoms with Gasteiger partial charge in [-0.1, -0.05) is 77.6 Å². The number of hydrogen-bond acceptors (Lipinski definition) is 11. The first-order valence-corrected chi connectivity index (χ1v) is 17.7. The van der Waals surface area contributed by atoms with Crippen molar-refractivity contribution in [3.05, 3.63) is 0 Å². The molecule has 0 saturated carbocycles. The van der Waals surface area contributed by atoms with Crippen LogP contribution in [0.1, 0.15) is 84.0 Å². The lowest BCUT2D eigenvalue weighted by atomic mass is 10.1. The molecule has 0 aromatic heterocycles. The minimum atomic E-state index is -4.41. The first kappa shape index (κ1) is 42.6. The van der Waals surface area contributed by atoms with E-state index in [-0.39, 0.29) is 19.8 Å². The van der Waals surface area contributed by atoms with Gasteiger partial charge >= 0.3 is 10.4 Å². The molecule has 12 nitrogen and oxygen atoms in total. The van der Waals surface area contributed by atoms with Crippen molar-refractivity contribution in [2.24, 2.45) is 0 Å². The van der Waals surface area contributed by atoms with Gasteiger partial charge in [0.25, 0.3) is 0 Å². The van der Waals surface area contributed by atoms with Crippen LogP contribution in [0.5, 0.6) is 0 Å². The molecule has 0 unspecified atom stereocenters. The highest BCUT2D eigenvalue weighted by Crippen LogP contribution is 2.11. The summed E-state index contributed by atoms with van der Waals surface area (Å²) in [6, 6.07) is 0. The second kappa shape index (κ2) is 36.0. The van der Waals surface area contributed by atoms with Gasteiger partial charge in [0.15, 0.2) is 0 Å². The fraction of sp³-hybridized carbons (Fsp3) is 1.00. The van der Waals surface area contributed by atoms with E-state index < -0.39 is 10.4 Å². The third kappa shape index (κ3) is 41.5. The standard InChI is InChI=1S/C30H62O12S/c1-2-3-4-5-6-7-8-9-10-11-12-13-14-34-15-16-35-17-18-36-19-20-37-21-22-38-23-24-39-25-26-40-27-28-41-29-30-42-43(31,32)33/h2-30H2,1H3,(H,31,32,33). The molecule has 0 saturated heterocycles. The van der Waals surface area contributed by atoms with Gasteiger partial charge in [0.05, 0.1) is 106 Å². The molecule has 0 fully saturated rings. The molecule has 0 aliphatic heterocycles. The van der Waals surface area contributed by atoms with Gasteiger partial charge in [0.2, 0.25) is 0 Å². The van der Waals surface area contributed by atoms with Crippen molar-refractivity contribution in [1.82, 2.24) is 0 Å². The minimum Gasteiger partial charge on any atom is -0.379 e. The summed E-state index contributed by atoms with van der Waals surface area (Å²) in [6.07, 6.45) is 16.2. The average Bonchev–Trinajstić information content (AvgIpc) is 2.98. The van der Waals surface area contributed by atoms with Gasteiger partial charge in [-0.15, -0.1) is 0 Å². The average molecular weight is 647 g/mol. The predicted octanol–water partition coefficient (Wildman–Crippen LogP) is 4.64. The highest BCUT2D eigenvalue weighted by molar-refractivity contribution is 7.80. The Balaban J connectivity index is 3.05. The smallest absolute Gasteiger partial charge is 0.379 e. The van der Waals surface area contributed by atoms with Gasteiger partial charge < -0.3 is 37.9 Å². The molecule has 0 aliphatic carbocycles. The predicted molar refractivity (Wildman–Crippen MR) is 165 cm³/mol. The summed E-state index contributed by atoms with van der Waals surface area (Å²) in [5.74, 6) is 0. The summed E-state index contributed by atoms with van der Waals surface area (Å²) in [6.45, 7) is 9.62. The SMILES string of the molecule is CCCCCCCCCCCCCCOCCOCCOCCOCCOCCOCCOCCOCCOS(=O)(=O)O. The highest BCUT2D eigenvalue weighted by atomic mass is 32.3. The van der Waals surface area contributed by atoms with Crippen LogP contribution in [0.25, 0.3) is 0 Å². The third-order valence-electron chi connectivity index (χ3n) is 6.21. The Kier molecular flexibility index (Phi) is 35.6. The Morgan fingerprint density at radius 2 is 0.581 bits per heavy atom. The monoisotopic (exact) mass is 646 g/mol. The van der Waals surface area contributed by atoms with E-state index in [9.17, 15) is 8.42 Å². The molecule has 0 aliphatic rings. The molecule has 0 heterocycles. The van der Waals surface area contributed by atoms with Crippen molar-refractivity contribution < 1.29 is 55.0 Å². The van der Waals surface area contributed by atoms with Crippen LogP contribution in [0.4, 0.5) is 0 Å². The first-order chi connectivity index (χ1) is 21.1. The lowest BCUT2D eigenvalue weighted by Crippen LogP contribution is -2.15. The van der Waals surface area contributed by atoms with Gasteiger partial charge in [-0.2, -0.15) is 8.42 Å². The van der Waals surface area contributed by atoms with Crippen molar-refractivity contribution in [3.63, 3.8) is 0 Å². The number of rotatable bonds is 38. The molecule has 0 atom stereocenters.